The lowest BCUT2D eigenvalue weighted by Crippen LogP contribution is -2.21. The maximum absolute atomic E-state index is 11.3. The predicted molar refractivity (Wildman–Crippen MR) is 132 cm³/mol. The maximum Gasteiger partial charge on any atom is 0.305 e. The molecule has 2 aromatic carbocycles. The Morgan fingerprint density at radius 1 is 0.971 bits per heavy atom. The van der Waals surface area contributed by atoms with Crippen molar-refractivity contribution < 1.29 is 29.3 Å². The molecule has 2 N–H and O–H groups in total. The Morgan fingerprint density at radius 2 is 1.56 bits per heavy atom. The SMILES string of the molecule is C=CC(=O)CC(O)COc1ccc(C(C)(C)c2ccc(CCC(O)COC(=O)CC)cc2)cc1. The van der Waals surface area contributed by atoms with Crippen LogP contribution in [0.1, 0.15) is 56.7 Å². The number of hydrogen-bond acceptors (Lipinski definition) is 6. The molecule has 0 saturated carbocycles. The van der Waals surface area contributed by atoms with E-state index in [0.29, 0.717) is 25.0 Å². The first-order valence-electron chi connectivity index (χ1n) is 11.7. The van der Waals surface area contributed by atoms with Crippen LogP contribution in [0.2, 0.25) is 0 Å². The Balaban J connectivity index is 1.91. The molecule has 2 atom stereocenters. The van der Waals surface area contributed by atoms with Crippen LogP contribution in [0.15, 0.2) is 61.2 Å². The molecular formula is C28H36O6. The van der Waals surface area contributed by atoms with Gasteiger partial charge >= 0.3 is 5.97 Å². The minimum atomic E-state index is -0.868. The first-order chi connectivity index (χ1) is 16.1. The third kappa shape index (κ3) is 8.43. The van der Waals surface area contributed by atoms with Gasteiger partial charge < -0.3 is 19.7 Å². The van der Waals surface area contributed by atoms with Gasteiger partial charge in [0.2, 0.25) is 0 Å². The van der Waals surface area contributed by atoms with Gasteiger partial charge in [0.1, 0.15) is 19.0 Å². The summed E-state index contributed by atoms with van der Waals surface area (Å²) in [5, 5.41) is 19.9. The van der Waals surface area contributed by atoms with Gasteiger partial charge in [0.15, 0.2) is 5.78 Å². The average Bonchev–Trinajstić information content (AvgIpc) is 2.85. The van der Waals surface area contributed by atoms with E-state index in [4.69, 9.17) is 9.47 Å². The molecule has 0 fully saturated rings. The van der Waals surface area contributed by atoms with Crippen LogP contribution in [-0.2, 0) is 26.2 Å². The van der Waals surface area contributed by atoms with Gasteiger partial charge in [0.05, 0.1) is 12.2 Å². The molecule has 6 nitrogen and oxygen atoms in total. The van der Waals surface area contributed by atoms with Crippen LogP contribution in [0, 0.1) is 0 Å². The van der Waals surface area contributed by atoms with E-state index in [-0.39, 0.29) is 36.8 Å². The first-order valence-corrected chi connectivity index (χ1v) is 11.7. The minimum absolute atomic E-state index is 0.00409. The van der Waals surface area contributed by atoms with Crippen LogP contribution < -0.4 is 4.74 Å². The van der Waals surface area contributed by atoms with Crippen LogP contribution in [0.4, 0.5) is 0 Å². The van der Waals surface area contributed by atoms with Crippen molar-refractivity contribution in [2.75, 3.05) is 13.2 Å². The molecule has 0 spiro atoms. The summed E-state index contributed by atoms with van der Waals surface area (Å²) in [7, 11) is 0. The number of ether oxygens (including phenoxy) is 2. The molecule has 0 aliphatic carbocycles. The second-order valence-corrected chi connectivity index (χ2v) is 8.91. The summed E-state index contributed by atoms with van der Waals surface area (Å²) < 4.78 is 10.6. The van der Waals surface area contributed by atoms with Gasteiger partial charge in [0, 0.05) is 18.3 Å². The van der Waals surface area contributed by atoms with Gasteiger partial charge in [-0.25, -0.2) is 0 Å². The quantitative estimate of drug-likeness (QED) is 0.320. The molecular weight excluding hydrogens is 432 g/mol. The number of carbonyl (C=O) groups excluding carboxylic acids is 2. The molecule has 2 rings (SSSR count). The molecule has 0 aliphatic heterocycles. The monoisotopic (exact) mass is 468 g/mol. The molecule has 0 amide bonds. The number of allylic oxidation sites excluding steroid dienone is 1. The van der Waals surface area contributed by atoms with Crippen molar-refractivity contribution in [3.63, 3.8) is 0 Å². The number of benzene rings is 2. The first kappa shape index (κ1) is 27.3. The molecule has 0 bridgehead atoms. The van der Waals surface area contributed by atoms with Crippen LogP contribution in [0.5, 0.6) is 5.75 Å². The molecule has 2 unspecified atom stereocenters. The number of rotatable bonds is 14. The second-order valence-electron chi connectivity index (χ2n) is 8.91. The Bertz CT molecular complexity index is 930. The lowest BCUT2D eigenvalue weighted by molar-refractivity contribution is -0.146. The fraction of sp³-hybridized carbons (Fsp3) is 0.429. The second kappa shape index (κ2) is 13.1. The van der Waals surface area contributed by atoms with E-state index in [2.05, 4.69) is 44.7 Å². The number of aliphatic hydroxyl groups is 2. The molecule has 0 radical (unpaired) electrons. The van der Waals surface area contributed by atoms with Gasteiger partial charge in [-0.15, -0.1) is 0 Å². The highest BCUT2D eigenvalue weighted by atomic mass is 16.5. The molecule has 184 valence electrons. The Morgan fingerprint density at radius 3 is 2.12 bits per heavy atom. The van der Waals surface area contributed by atoms with Crippen LogP contribution in [-0.4, -0.2) is 47.4 Å². The van der Waals surface area contributed by atoms with Crippen molar-refractivity contribution in [3.05, 3.63) is 77.9 Å². The number of carbonyl (C=O) groups is 2. The van der Waals surface area contributed by atoms with Crippen molar-refractivity contribution in [2.24, 2.45) is 0 Å². The minimum Gasteiger partial charge on any atom is -0.491 e. The summed E-state index contributed by atoms with van der Waals surface area (Å²) in [4.78, 5) is 22.5. The zero-order valence-electron chi connectivity index (χ0n) is 20.3. The van der Waals surface area contributed by atoms with Gasteiger partial charge in [-0.3, -0.25) is 9.59 Å². The fourth-order valence-electron chi connectivity index (χ4n) is 3.50. The van der Waals surface area contributed by atoms with Gasteiger partial charge in [-0.2, -0.15) is 0 Å². The lowest BCUT2D eigenvalue weighted by Gasteiger charge is -2.26. The number of ketones is 1. The third-order valence-electron chi connectivity index (χ3n) is 5.85. The standard InChI is InChI=1S/C28H36O6/c1-5-23(29)17-25(31)19-33-26-15-12-22(13-16-26)28(3,4)21-10-7-20(8-11-21)9-14-24(30)18-34-27(32)6-2/h5,7-8,10-13,15-16,24-25,30-31H,1,6,9,14,17-19H2,2-4H3. The topological polar surface area (TPSA) is 93.1 Å². The summed E-state index contributed by atoms with van der Waals surface area (Å²) in [6.07, 6.45) is 1.18. The number of hydrogen-bond donors (Lipinski definition) is 2. The Kier molecular flexibility index (Phi) is 10.5. The van der Waals surface area contributed by atoms with Crippen molar-refractivity contribution in [1.29, 1.82) is 0 Å². The van der Waals surface area contributed by atoms with Gasteiger partial charge in [0.25, 0.3) is 0 Å². The fourth-order valence-corrected chi connectivity index (χ4v) is 3.50. The molecule has 34 heavy (non-hydrogen) atoms. The van der Waals surface area contributed by atoms with Crippen LogP contribution >= 0.6 is 0 Å². The zero-order chi connectivity index (χ0) is 25.1. The van der Waals surface area contributed by atoms with Crippen molar-refractivity contribution in [1.82, 2.24) is 0 Å². The highest BCUT2D eigenvalue weighted by Crippen LogP contribution is 2.32. The average molecular weight is 469 g/mol. The summed E-state index contributed by atoms with van der Waals surface area (Å²) in [6.45, 7) is 9.49. The summed E-state index contributed by atoms with van der Waals surface area (Å²) in [5.74, 6) is 0.110. The highest BCUT2D eigenvalue weighted by Gasteiger charge is 2.23. The highest BCUT2D eigenvalue weighted by molar-refractivity contribution is 5.89. The Hall–Kier alpha value is -2.96. The number of esters is 1. The molecule has 0 aromatic heterocycles. The summed E-state index contributed by atoms with van der Waals surface area (Å²) >= 11 is 0. The molecule has 6 heteroatoms. The Labute approximate surface area is 202 Å². The lowest BCUT2D eigenvalue weighted by atomic mass is 9.78. The molecule has 0 heterocycles. The van der Waals surface area contributed by atoms with Crippen molar-refractivity contribution >= 4 is 11.8 Å². The van der Waals surface area contributed by atoms with E-state index in [0.717, 1.165) is 16.7 Å². The smallest absolute Gasteiger partial charge is 0.305 e. The molecule has 2 aromatic rings. The maximum atomic E-state index is 11.3. The van der Waals surface area contributed by atoms with E-state index < -0.39 is 12.2 Å². The zero-order valence-corrected chi connectivity index (χ0v) is 20.3. The van der Waals surface area contributed by atoms with Gasteiger partial charge in [-0.1, -0.05) is 63.7 Å². The van der Waals surface area contributed by atoms with E-state index >= 15 is 0 Å². The third-order valence-corrected chi connectivity index (χ3v) is 5.85. The number of aliphatic hydroxyl groups excluding tert-OH is 2. The summed E-state index contributed by atoms with van der Waals surface area (Å²) in [6, 6.07) is 16.0. The molecule has 0 saturated heterocycles. The van der Waals surface area contributed by atoms with Crippen LogP contribution in [0.3, 0.4) is 0 Å². The van der Waals surface area contributed by atoms with Gasteiger partial charge in [-0.05, 0) is 47.7 Å². The normalized spacial score (nSPS) is 13.1. The van der Waals surface area contributed by atoms with Crippen LogP contribution in [0.25, 0.3) is 0 Å². The van der Waals surface area contributed by atoms with Crippen molar-refractivity contribution in [2.45, 2.75) is 64.1 Å². The van der Waals surface area contributed by atoms with E-state index in [1.54, 1.807) is 6.92 Å². The van der Waals surface area contributed by atoms with Crippen molar-refractivity contribution in [3.8, 4) is 5.75 Å². The molecule has 0 aliphatic rings. The van der Waals surface area contributed by atoms with E-state index in [9.17, 15) is 19.8 Å². The number of aryl methyl sites for hydroxylation is 1. The summed E-state index contributed by atoms with van der Waals surface area (Å²) in [5.41, 5.74) is 3.14. The largest absolute Gasteiger partial charge is 0.491 e. The van der Waals surface area contributed by atoms with E-state index in [1.807, 2.05) is 24.3 Å². The predicted octanol–water partition coefficient (Wildman–Crippen LogP) is 4.14. The van der Waals surface area contributed by atoms with E-state index in [1.165, 1.54) is 6.08 Å².